The molecule has 1 rings (SSSR count). The fourth-order valence-corrected chi connectivity index (χ4v) is 0.977. The van der Waals surface area contributed by atoms with Crippen molar-refractivity contribution in [2.75, 3.05) is 10.5 Å². The lowest BCUT2D eigenvalue weighted by molar-refractivity contribution is -0.825. The number of hydrogen-bond acceptors (Lipinski definition) is 4. The van der Waals surface area contributed by atoms with Crippen molar-refractivity contribution in [3.8, 4) is 0 Å². The maximum Gasteiger partial charge on any atom is 0.186 e. The fraction of sp³-hybridized carbons (Fsp3) is 0. The van der Waals surface area contributed by atoms with Crippen molar-refractivity contribution in [3.63, 3.8) is 0 Å². The number of benzene rings is 1. The summed E-state index contributed by atoms with van der Waals surface area (Å²) in [6, 6.07) is 5.10. The number of thiol groups is 1. The van der Waals surface area contributed by atoms with Gasteiger partial charge in [-0.25, -0.2) is 5.21 Å². The summed E-state index contributed by atoms with van der Waals surface area (Å²) < 4.78 is 2.61. The van der Waals surface area contributed by atoms with Gasteiger partial charge in [0.15, 0.2) is 5.69 Å². The molecular formula is C6H10N3OS+. The molecule has 0 aliphatic rings. The Bertz CT molecular complexity index is 254. The Labute approximate surface area is 69.9 Å². The van der Waals surface area contributed by atoms with E-state index in [9.17, 15) is 0 Å². The summed E-state index contributed by atoms with van der Waals surface area (Å²) in [6.07, 6.45) is 0. The first-order chi connectivity index (χ1) is 5.27. The number of nitrogens with one attached hydrogen (secondary N) is 1. The van der Waals surface area contributed by atoms with E-state index in [-0.39, 0.29) is 0 Å². The fourth-order valence-electron chi connectivity index (χ4n) is 0.783. The van der Waals surface area contributed by atoms with Crippen LogP contribution in [0.1, 0.15) is 0 Å². The molecule has 0 spiro atoms. The zero-order chi connectivity index (χ0) is 8.27. The minimum Gasteiger partial charge on any atom is -0.399 e. The van der Waals surface area contributed by atoms with Crippen LogP contribution in [0.4, 0.5) is 17.1 Å². The highest BCUT2D eigenvalue weighted by Gasteiger charge is 2.03. The van der Waals surface area contributed by atoms with Gasteiger partial charge in [0.1, 0.15) is 5.69 Å². The summed E-state index contributed by atoms with van der Waals surface area (Å²) in [5.74, 6) is 0. The normalized spacial score (nSPS) is 9.64. The van der Waals surface area contributed by atoms with Gasteiger partial charge in [0.2, 0.25) is 0 Å². The van der Waals surface area contributed by atoms with Gasteiger partial charge in [-0.05, 0) is 12.1 Å². The molecule has 0 amide bonds. The van der Waals surface area contributed by atoms with Crippen LogP contribution >= 0.6 is 12.8 Å². The van der Waals surface area contributed by atoms with Crippen LogP contribution in [-0.4, -0.2) is 5.21 Å². The zero-order valence-electron chi connectivity index (χ0n) is 5.78. The summed E-state index contributed by atoms with van der Waals surface area (Å²) in [4.78, 5) is 0. The van der Waals surface area contributed by atoms with Crippen LogP contribution in [0.2, 0.25) is 0 Å². The van der Waals surface area contributed by atoms with E-state index in [0.29, 0.717) is 17.1 Å². The van der Waals surface area contributed by atoms with Crippen molar-refractivity contribution in [2.24, 2.45) is 0 Å². The van der Waals surface area contributed by atoms with Crippen LogP contribution in [0, 0.1) is 0 Å². The van der Waals surface area contributed by atoms with Crippen molar-refractivity contribution >= 4 is 29.9 Å². The van der Waals surface area contributed by atoms with Crippen molar-refractivity contribution < 1.29 is 10.7 Å². The summed E-state index contributed by atoms with van der Waals surface area (Å²) in [5, 5.41) is 8.70. The van der Waals surface area contributed by atoms with Crippen LogP contribution in [0.3, 0.4) is 0 Å². The average molecular weight is 172 g/mol. The molecule has 0 bridgehead atoms. The molecule has 0 heterocycles. The maximum atomic E-state index is 8.70. The SMILES string of the molecule is Nc1ccc([NH2+]O)c(NS)c1. The lowest BCUT2D eigenvalue weighted by atomic mass is 10.2. The third kappa shape index (κ3) is 1.76. The van der Waals surface area contributed by atoms with Gasteiger partial charge in [0.25, 0.3) is 0 Å². The van der Waals surface area contributed by atoms with Gasteiger partial charge in [-0.1, -0.05) is 12.8 Å². The minimum absolute atomic E-state index is 0.632. The highest BCUT2D eigenvalue weighted by Crippen LogP contribution is 2.20. The van der Waals surface area contributed by atoms with Gasteiger partial charge in [-0.2, -0.15) is 5.48 Å². The second kappa shape index (κ2) is 3.47. The summed E-state index contributed by atoms with van der Waals surface area (Å²) >= 11 is 3.84. The monoisotopic (exact) mass is 172 g/mol. The predicted molar refractivity (Wildman–Crippen MR) is 46.8 cm³/mol. The van der Waals surface area contributed by atoms with Gasteiger partial charge in [0.05, 0.1) is 0 Å². The molecule has 6 N–H and O–H groups in total. The zero-order valence-corrected chi connectivity index (χ0v) is 6.68. The third-order valence-corrected chi connectivity index (χ3v) is 1.58. The van der Waals surface area contributed by atoms with Gasteiger partial charge in [-0.3, -0.25) is 0 Å². The Morgan fingerprint density at radius 2 is 2.27 bits per heavy atom. The average Bonchev–Trinajstić information content (AvgIpc) is 2.04. The topological polar surface area (TPSA) is 74.9 Å². The Hall–Kier alpha value is -0.910. The number of quaternary nitrogens is 1. The Morgan fingerprint density at radius 1 is 1.55 bits per heavy atom. The van der Waals surface area contributed by atoms with E-state index in [4.69, 9.17) is 10.9 Å². The number of anilines is 2. The van der Waals surface area contributed by atoms with E-state index in [1.54, 1.807) is 18.2 Å². The van der Waals surface area contributed by atoms with E-state index >= 15 is 0 Å². The molecule has 0 fully saturated rings. The van der Waals surface area contributed by atoms with E-state index < -0.39 is 0 Å². The highest BCUT2D eigenvalue weighted by atomic mass is 32.1. The molecule has 5 heteroatoms. The summed E-state index contributed by atoms with van der Waals surface area (Å²) in [7, 11) is 0. The molecule has 1 aromatic carbocycles. The number of rotatable bonds is 2. The first-order valence-electron chi connectivity index (χ1n) is 3.05. The van der Waals surface area contributed by atoms with Crippen LogP contribution in [0.15, 0.2) is 18.2 Å². The number of nitrogen functional groups attached to an aromatic ring is 1. The Balaban J connectivity index is 3.06. The summed E-state index contributed by atoms with van der Waals surface area (Å²) in [6.45, 7) is 0. The molecular weight excluding hydrogens is 162 g/mol. The Kier molecular flexibility index (Phi) is 2.58. The number of nitrogens with two attached hydrogens (primary N) is 2. The van der Waals surface area contributed by atoms with E-state index in [1.807, 2.05) is 0 Å². The lowest BCUT2D eigenvalue weighted by Crippen LogP contribution is -2.73. The summed E-state index contributed by atoms with van der Waals surface area (Å²) in [5.41, 5.74) is 8.47. The molecule has 0 saturated heterocycles. The van der Waals surface area contributed by atoms with E-state index in [0.717, 1.165) is 5.48 Å². The molecule has 0 saturated carbocycles. The molecule has 0 atom stereocenters. The van der Waals surface area contributed by atoms with Gasteiger partial charge in [0, 0.05) is 11.8 Å². The van der Waals surface area contributed by atoms with Crippen molar-refractivity contribution in [2.45, 2.75) is 0 Å². The first-order valence-corrected chi connectivity index (χ1v) is 3.49. The van der Waals surface area contributed by atoms with E-state index in [2.05, 4.69) is 17.5 Å². The quantitative estimate of drug-likeness (QED) is 0.250. The van der Waals surface area contributed by atoms with Gasteiger partial charge >= 0.3 is 0 Å². The Morgan fingerprint density at radius 3 is 2.82 bits per heavy atom. The van der Waals surface area contributed by atoms with Crippen LogP contribution in [-0.2, 0) is 0 Å². The van der Waals surface area contributed by atoms with Gasteiger partial charge in [-0.15, -0.1) is 0 Å². The van der Waals surface area contributed by atoms with E-state index in [1.165, 1.54) is 0 Å². The first kappa shape index (κ1) is 8.19. The smallest absolute Gasteiger partial charge is 0.186 e. The second-order valence-corrected chi connectivity index (χ2v) is 2.31. The third-order valence-electron chi connectivity index (χ3n) is 1.34. The largest absolute Gasteiger partial charge is 0.399 e. The lowest BCUT2D eigenvalue weighted by Gasteiger charge is -2.02. The molecule has 0 radical (unpaired) electrons. The minimum atomic E-state index is 0.632. The number of hydrogen-bond donors (Lipinski definition) is 5. The van der Waals surface area contributed by atoms with Crippen LogP contribution in [0.25, 0.3) is 0 Å². The molecule has 1 aromatic rings. The molecule has 0 aliphatic heterocycles. The molecule has 0 aromatic heterocycles. The van der Waals surface area contributed by atoms with Gasteiger partial charge < -0.3 is 10.5 Å². The van der Waals surface area contributed by atoms with Crippen LogP contribution in [0.5, 0.6) is 0 Å². The van der Waals surface area contributed by atoms with Crippen molar-refractivity contribution in [3.05, 3.63) is 18.2 Å². The highest BCUT2D eigenvalue weighted by molar-refractivity contribution is 7.81. The standard InChI is InChI=1S/C6H9N3OS/c7-4-1-2-5(8-10)6(3-4)9-11/h1-3,8-11H,7H2/p+1. The molecule has 0 unspecified atom stereocenters. The second-order valence-electron chi connectivity index (χ2n) is 2.09. The van der Waals surface area contributed by atoms with Crippen molar-refractivity contribution in [1.29, 1.82) is 0 Å². The molecule has 4 nitrogen and oxygen atoms in total. The molecule has 0 aliphatic carbocycles. The molecule has 60 valence electrons. The van der Waals surface area contributed by atoms with Crippen LogP contribution < -0.4 is 15.9 Å². The maximum absolute atomic E-state index is 8.70. The molecule has 11 heavy (non-hydrogen) atoms. The predicted octanol–water partition coefficient (Wildman–Crippen LogP) is 0.110. The van der Waals surface area contributed by atoms with Crippen molar-refractivity contribution in [1.82, 2.24) is 0 Å².